The van der Waals surface area contributed by atoms with Gasteiger partial charge in [-0.15, -0.1) is 0 Å². The second-order valence-corrected chi connectivity index (χ2v) is 7.20. The number of anilines is 1. The number of rotatable bonds is 5. The minimum absolute atomic E-state index is 0.197. The highest BCUT2D eigenvalue weighted by Crippen LogP contribution is 2.23. The van der Waals surface area contributed by atoms with Crippen molar-refractivity contribution in [1.82, 2.24) is 18.7 Å². The average molecular weight is 392 g/mol. The molecule has 0 aliphatic carbocycles. The van der Waals surface area contributed by atoms with E-state index in [0.717, 1.165) is 17.7 Å². The number of hydrogen-bond acceptors (Lipinski definition) is 5. The predicted molar refractivity (Wildman–Crippen MR) is 115 cm³/mol. The van der Waals surface area contributed by atoms with Gasteiger partial charge in [-0.1, -0.05) is 49.4 Å². The van der Waals surface area contributed by atoms with Gasteiger partial charge in [-0.2, -0.15) is 10.1 Å². The van der Waals surface area contributed by atoms with Gasteiger partial charge in [-0.25, -0.2) is 9.80 Å². The van der Waals surface area contributed by atoms with Crippen LogP contribution in [0.4, 0.5) is 5.95 Å². The maximum atomic E-state index is 13.2. The molecule has 0 N–H and O–H groups in total. The van der Waals surface area contributed by atoms with Crippen LogP contribution < -0.4 is 16.3 Å². The Labute approximate surface area is 168 Å². The Kier molecular flexibility index (Phi) is 4.92. The third-order valence-electron chi connectivity index (χ3n) is 4.95. The van der Waals surface area contributed by atoms with E-state index in [4.69, 9.17) is 0 Å². The normalized spacial score (nSPS) is 13.9. The monoisotopic (exact) mass is 392 g/mol. The summed E-state index contributed by atoms with van der Waals surface area (Å²) in [7, 11) is 1.65. The third kappa shape index (κ3) is 3.30. The Morgan fingerprint density at radius 3 is 2.66 bits per heavy atom. The molecule has 0 spiro atoms. The van der Waals surface area contributed by atoms with Crippen LogP contribution in [-0.2, 0) is 20.1 Å². The lowest BCUT2D eigenvalue weighted by molar-refractivity contribution is 0.663. The van der Waals surface area contributed by atoms with Gasteiger partial charge in [0, 0.05) is 20.1 Å². The standard InChI is InChI=1S/C21H24N6O2/c1-4-12-27-20-22-18-17(26(20)14-15(2)23-27)19(28)25(21(29)24(18)3)13-8-11-16-9-6-5-7-10-16/h5-11H,4,12-14H2,1-3H3/b11-8+. The lowest BCUT2D eigenvalue weighted by Crippen LogP contribution is -2.39. The van der Waals surface area contributed by atoms with Crippen LogP contribution in [0.25, 0.3) is 17.2 Å². The van der Waals surface area contributed by atoms with E-state index in [-0.39, 0.29) is 17.8 Å². The first kappa shape index (κ1) is 18.9. The van der Waals surface area contributed by atoms with E-state index in [0.29, 0.717) is 30.2 Å². The van der Waals surface area contributed by atoms with Crippen LogP contribution >= 0.6 is 0 Å². The number of hydrogen-bond donors (Lipinski definition) is 0. The molecule has 0 amide bonds. The second kappa shape index (κ2) is 7.54. The molecular formula is C21H24N6O2. The van der Waals surface area contributed by atoms with Crippen LogP contribution in [0.2, 0.25) is 0 Å². The zero-order chi connectivity index (χ0) is 20.5. The van der Waals surface area contributed by atoms with Crippen LogP contribution in [0.5, 0.6) is 0 Å². The maximum absolute atomic E-state index is 13.2. The molecule has 0 unspecified atom stereocenters. The zero-order valence-electron chi connectivity index (χ0n) is 16.9. The topological polar surface area (TPSA) is 77.4 Å². The Bertz CT molecular complexity index is 1230. The molecule has 150 valence electrons. The van der Waals surface area contributed by atoms with E-state index >= 15 is 0 Å². The van der Waals surface area contributed by atoms with Gasteiger partial charge in [0.05, 0.1) is 12.3 Å². The fraction of sp³-hybridized carbons (Fsp3) is 0.333. The quantitative estimate of drug-likeness (QED) is 0.667. The minimum atomic E-state index is -0.379. The van der Waals surface area contributed by atoms with Crippen LogP contribution in [0.1, 0.15) is 25.8 Å². The van der Waals surface area contributed by atoms with Gasteiger partial charge >= 0.3 is 5.69 Å². The van der Waals surface area contributed by atoms with Crippen LogP contribution in [-0.4, -0.2) is 30.9 Å². The SMILES string of the molecule is CCCN1N=C(C)Cn2c1nc1c2c(=O)n(C/C=C/c2ccccc2)c(=O)n1C. The molecule has 2 aromatic heterocycles. The van der Waals surface area contributed by atoms with Gasteiger partial charge in [-0.3, -0.25) is 18.5 Å². The van der Waals surface area contributed by atoms with Crippen molar-refractivity contribution in [2.24, 2.45) is 12.1 Å². The van der Waals surface area contributed by atoms with E-state index in [1.807, 2.05) is 59.0 Å². The Hall–Kier alpha value is -3.42. The summed E-state index contributed by atoms with van der Waals surface area (Å²) in [6, 6.07) is 9.78. The van der Waals surface area contributed by atoms with Crippen molar-refractivity contribution in [1.29, 1.82) is 0 Å². The zero-order valence-corrected chi connectivity index (χ0v) is 16.9. The van der Waals surface area contributed by atoms with Gasteiger partial charge < -0.3 is 0 Å². The van der Waals surface area contributed by atoms with Gasteiger partial charge in [0.2, 0.25) is 5.95 Å². The van der Waals surface area contributed by atoms with E-state index in [2.05, 4.69) is 17.0 Å². The van der Waals surface area contributed by atoms with Gasteiger partial charge in [0.15, 0.2) is 11.2 Å². The average Bonchev–Trinajstić information content (AvgIpc) is 3.10. The van der Waals surface area contributed by atoms with Gasteiger partial charge in [0.25, 0.3) is 5.56 Å². The van der Waals surface area contributed by atoms with Crippen LogP contribution in [0.15, 0.2) is 51.1 Å². The summed E-state index contributed by atoms with van der Waals surface area (Å²) < 4.78 is 4.56. The first-order chi connectivity index (χ1) is 14.0. The fourth-order valence-electron chi connectivity index (χ4n) is 3.60. The van der Waals surface area contributed by atoms with Crippen LogP contribution in [0, 0.1) is 0 Å². The summed E-state index contributed by atoms with van der Waals surface area (Å²) in [4.78, 5) is 30.7. The molecule has 4 rings (SSSR count). The molecule has 0 atom stereocenters. The summed E-state index contributed by atoms with van der Waals surface area (Å²) in [6.07, 6.45) is 4.63. The predicted octanol–water partition coefficient (Wildman–Crippen LogP) is 2.22. The van der Waals surface area contributed by atoms with E-state index in [1.165, 1.54) is 9.13 Å². The summed E-state index contributed by atoms with van der Waals surface area (Å²) in [5.41, 5.74) is 2.03. The third-order valence-corrected chi connectivity index (χ3v) is 4.95. The highest BCUT2D eigenvalue weighted by molar-refractivity contribution is 5.87. The molecule has 8 heteroatoms. The number of imidazole rings is 1. The number of allylic oxidation sites excluding steroid dienone is 1. The first-order valence-electron chi connectivity index (χ1n) is 9.74. The summed E-state index contributed by atoms with van der Waals surface area (Å²) >= 11 is 0. The van der Waals surface area contributed by atoms with E-state index in [9.17, 15) is 9.59 Å². The summed E-state index contributed by atoms with van der Waals surface area (Å²) in [6.45, 7) is 5.37. The Morgan fingerprint density at radius 1 is 1.17 bits per heavy atom. The van der Waals surface area contributed by atoms with Crippen molar-refractivity contribution in [3.8, 4) is 0 Å². The summed E-state index contributed by atoms with van der Waals surface area (Å²) in [5, 5.41) is 6.36. The maximum Gasteiger partial charge on any atom is 0.332 e. The molecule has 1 aromatic carbocycles. The lowest BCUT2D eigenvalue weighted by Gasteiger charge is -2.24. The second-order valence-electron chi connectivity index (χ2n) is 7.20. The first-order valence-corrected chi connectivity index (χ1v) is 9.74. The molecule has 8 nitrogen and oxygen atoms in total. The number of aromatic nitrogens is 4. The minimum Gasteiger partial charge on any atom is -0.297 e. The molecule has 0 radical (unpaired) electrons. The van der Waals surface area contributed by atoms with Crippen molar-refractivity contribution in [2.45, 2.75) is 33.4 Å². The van der Waals surface area contributed by atoms with Crippen molar-refractivity contribution in [2.75, 3.05) is 11.6 Å². The molecule has 0 bridgehead atoms. The molecule has 0 fully saturated rings. The number of benzene rings is 1. The largest absolute Gasteiger partial charge is 0.332 e. The highest BCUT2D eigenvalue weighted by atomic mass is 16.2. The van der Waals surface area contributed by atoms with Crippen molar-refractivity contribution in [3.63, 3.8) is 0 Å². The molecule has 1 aliphatic heterocycles. The van der Waals surface area contributed by atoms with Gasteiger partial charge in [0.1, 0.15) is 0 Å². The Morgan fingerprint density at radius 2 is 1.93 bits per heavy atom. The van der Waals surface area contributed by atoms with Crippen molar-refractivity contribution < 1.29 is 0 Å². The number of fused-ring (bicyclic) bond motifs is 3. The smallest absolute Gasteiger partial charge is 0.297 e. The molecule has 3 aromatic rings. The van der Waals surface area contributed by atoms with Gasteiger partial charge in [-0.05, 0) is 18.9 Å². The number of hydrazone groups is 1. The van der Waals surface area contributed by atoms with Crippen molar-refractivity contribution in [3.05, 3.63) is 62.8 Å². The fourth-order valence-corrected chi connectivity index (χ4v) is 3.60. The molecule has 1 aliphatic rings. The lowest BCUT2D eigenvalue weighted by atomic mass is 10.2. The number of aryl methyl sites for hydroxylation is 1. The highest BCUT2D eigenvalue weighted by Gasteiger charge is 2.25. The van der Waals surface area contributed by atoms with Crippen LogP contribution in [0.3, 0.4) is 0 Å². The molecule has 3 heterocycles. The molecular weight excluding hydrogens is 368 g/mol. The molecule has 0 saturated heterocycles. The number of nitrogens with zero attached hydrogens (tertiary/aromatic N) is 6. The Balaban J connectivity index is 1.82. The molecule has 29 heavy (non-hydrogen) atoms. The van der Waals surface area contributed by atoms with E-state index in [1.54, 1.807) is 7.05 Å². The molecule has 0 saturated carbocycles. The summed E-state index contributed by atoms with van der Waals surface area (Å²) in [5.74, 6) is 0.608. The van der Waals surface area contributed by atoms with E-state index < -0.39 is 0 Å². The van der Waals surface area contributed by atoms with Crippen molar-refractivity contribution >= 4 is 28.9 Å².